The van der Waals surface area contributed by atoms with E-state index in [4.69, 9.17) is 5.73 Å². The molecule has 6 heteroatoms. The predicted molar refractivity (Wildman–Crippen MR) is 87.7 cm³/mol. The molecule has 2 rings (SSSR count). The van der Waals surface area contributed by atoms with Crippen LogP contribution in [0.1, 0.15) is 22.2 Å². The van der Waals surface area contributed by atoms with Gasteiger partial charge in [-0.2, -0.15) is 5.06 Å². The fraction of sp³-hybridized carbons (Fsp3) is 0.235. The van der Waals surface area contributed by atoms with Crippen molar-refractivity contribution in [2.45, 2.75) is 25.8 Å². The average Bonchev–Trinajstić information content (AvgIpc) is 2.99. The highest BCUT2D eigenvalue weighted by Gasteiger charge is 2.11. The van der Waals surface area contributed by atoms with Gasteiger partial charge in [0.05, 0.1) is 4.88 Å². The van der Waals surface area contributed by atoms with Crippen molar-refractivity contribution in [3.05, 3.63) is 57.5 Å². The minimum atomic E-state index is -0.932. The van der Waals surface area contributed by atoms with Crippen LogP contribution in [-0.4, -0.2) is 22.3 Å². The van der Waals surface area contributed by atoms with Crippen LogP contribution in [0.3, 0.4) is 0 Å². The van der Waals surface area contributed by atoms with Crippen LogP contribution in [0.2, 0.25) is 0 Å². The zero-order valence-corrected chi connectivity index (χ0v) is 13.4. The van der Waals surface area contributed by atoms with Crippen molar-refractivity contribution in [1.82, 2.24) is 5.06 Å². The van der Waals surface area contributed by atoms with Gasteiger partial charge in [-0.1, -0.05) is 24.0 Å². The monoisotopic (exact) mass is 332 g/mol. The molecule has 0 spiro atoms. The van der Waals surface area contributed by atoms with Crippen LogP contribution >= 0.6 is 11.3 Å². The second-order valence-electron chi connectivity index (χ2n) is 5.02. The first kappa shape index (κ1) is 17.0. The highest BCUT2D eigenvalue weighted by atomic mass is 32.1. The third-order valence-electron chi connectivity index (χ3n) is 3.23. The molecule has 0 saturated carbocycles. The van der Waals surface area contributed by atoms with Crippen molar-refractivity contribution in [3.8, 4) is 11.8 Å². The molecule has 1 unspecified atom stereocenters. The lowest BCUT2D eigenvalue weighted by Crippen LogP contribution is -2.38. The number of amides is 2. The molecule has 23 heavy (non-hydrogen) atoms. The Labute approximate surface area is 138 Å². The zero-order valence-electron chi connectivity index (χ0n) is 12.6. The number of urea groups is 1. The number of carbonyl (C=O) groups is 1. The number of aryl methyl sites for hydroxylation is 2. The number of rotatable bonds is 4. The molecule has 0 bridgehead atoms. The summed E-state index contributed by atoms with van der Waals surface area (Å²) in [5, 5.41) is 9.74. The normalized spacial score (nSPS) is 11.4. The Kier molecular flexibility index (Phi) is 5.74. The number of carbonyl (C=O) groups excluding carboxylic acids is 1. The Morgan fingerprint density at radius 3 is 2.65 bits per heavy atom. The highest BCUT2D eigenvalue weighted by Crippen LogP contribution is 2.18. The maximum atomic E-state index is 12.8. The van der Waals surface area contributed by atoms with E-state index in [1.807, 2.05) is 12.1 Å². The molecule has 3 N–H and O–H groups in total. The van der Waals surface area contributed by atoms with Crippen molar-refractivity contribution < 1.29 is 14.4 Å². The number of nitrogens with zero attached hydrogens (tertiary/aromatic N) is 1. The van der Waals surface area contributed by atoms with Crippen molar-refractivity contribution in [1.29, 1.82) is 0 Å². The van der Waals surface area contributed by atoms with E-state index in [-0.39, 0.29) is 5.82 Å². The Balaban J connectivity index is 1.93. The lowest BCUT2D eigenvalue weighted by Gasteiger charge is -2.14. The van der Waals surface area contributed by atoms with Crippen LogP contribution in [0.4, 0.5) is 9.18 Å². The molecular weight excluding hydrogens is 315 g/mol. The molecule has 1 aromatic heterocycles. The van der Waals surface area contributed by atoms with Gasteiger partial charge in [-0.25, -0.2) is 9.18 Å². The number of hydrogen-bond donors (Lipinski definition) is 2. The minimum absolute atomic E-state index is 0.231. The van der Waals surface area contributed by atoms with Gasteiger partial charge in [0.25, 0.3) is 0 Å². The molecule has 1 aromatic carbocycles. The number of hydroxylamine groups is 2. The zero-order chi connectivity index (χ0) is 16.8. The molecule has 1 atom stereocenters. The van der Waals surface area contributed by atoms with E-state index in [0.29, 0.717) is 5.06 Å². The predicted octanol–water partition coefficient (Wildman–Crippen LogP) is 3.18. The summed E-state index contributed by atoms with van der Waals surface area (Å²) >= 11 is 1.55. The number of thiophene rings is 1. The van der Waals surface area contributed by atoms with E-state index >= 15 is 0 Å². The summed E-state index contributed by atoms with van der Waals surface area (Å²) in [6.45, 7) is 1.58. The van der Waals surface area contributed by atoms with E-state index < -0.39 is 12.1 Å². The van der Waals surface area contributed by atoms with Crippen LogP contribution in [-0.2, 0) is 12.8 Å². The van der Waals surface area contributed by atoms with Crippen molar-refractivity contribution in [2.75, 3.05) is 0 Å². The molecule has 120 valence electrons. The molecule has 0 aliphatic heterocycles. The topological polar surface area (TPSA) is 66.6 Å². The van der Waals surface area contributed by atoms with Crippen LogP contribution in [0.25, 0.3) is 0 Å². The van der Waals surface area contributed by atoms with Gasteiger partial charge in [-0.05, 0) is 49.6 Å². The maximum absolute atomic E-state index is 12.8. The van der Waals surface area contributed by atoms with Gasteiger partial charge in [0.15, 0.2) is 0 Å². The Bertz CT molecular complexity index is 731. The second kappa shape index (κ2) is 7.77. The van der Waals surface area contributed by atoms with Crippen LogP contribution in [0.5, 0.6) is 0 Å². The fourth-order valence-corrected chi connectivity index (χ4v) is 2.79. The SMILES string of the molecule is CC(C#Cc1ccc(CCc2ccc(F)cc2)s1)N(O)C(N)=O. The summed E-state index contributed by atoms with van der Waals surface area (Å²) in [5.74, 6) is 5.45. The third kappa shape index (κ3) is 5.09. The Morgan fingerprint density at radius 2 is 2.00 bits per heavy atom. The van der Waals surface area contributed by atoms with Crippen molar-refractivity contribution in [2.24, 2.45) is 5.73 Å². The molecule has 0 aliphatic carbocycles. The second-order valence-corrected chi connectivity index (χ2v) is 6.19. The number of halogens is 1. The van der Waals surface area contributed by atoms with Gasteiger partial charge in [-0.15, -0.1) is 11.3 Å². The molecular formula is C17H17FN2O2S. The fourth-order valence-electron chi connectivity index (χ4n) is 1.93. The highest BCUT2D eigenvalue weighted by molar-refractivity contribution is 7.12. The summed E-state index contributed by atoms with van der Waals surface area (Å²) in [7, 11) is 0. The first-order chi connectivity index (χ1) is 11.0. The van der Waals surface area contributed by atoms with Crippen molar-refractivity contribution in [3.63, 3.8) is 0 Å². The van der Waals surface area contributed by atoms with Gasteiger partial charge in [0, 0.05) is 4.88 Å². The van der Waals surface area contributed by atoms with Gasteiger partial charge in [0.1, 0.15) is 11.9 Å². The van der Waals surface area contributed by atoms with E-state index in [1.165, 1.54) is 17.0 Å². The summed E-state index contributed by atoms with van der Waals surface area (Å²) < 4.78 is 12.8. The molecule has 0 fully saturated rings. The van der Waals surface area contributed by atoms with Gasteiger partial charge in [-0.3, -0.25) is 5.21 Å². The summed E-state index contributed by atoms with van der Waals surface area (Å²) in [4.78, 5) is 12.8. The van der Waals surface area contributed by atoms with Gasteiger partial charge in [0.2, 0.25) is 0 Å². The van der Waals surface area contributed by atoms with Crippen molar-refractivity contribution >= 4 is 17.4 Å². The molecule has 0 radical (unpaired) electrons. The first-order valence-electron chi connectivity index (χ1n) is 7.08. The summed E-state index contributed by atoms with van der Waals surface area (Å²) in [6, 6.07) is 8.78. The van der Waals surface area contributed by atoms with Crippen LogP contribution in [0.15, 0.2) is 36.4 Å². The molecule has 2 aromatic rings. The number of nitrogens with two attached hydrogens (primary N) is 1. The van der Waals surface area contributed by atoms with Crippen LogP contribution < -0.4 is 5.73 Å². The number of hydrogen-bond acceptors (Lipinski definition) is 3. The maximum Gasteiger partial charge on any atom is 0.339 e. The van der Waals surface area contributed by atoms with Gasteiger partial charge < -0.3 is 5.73 Å². The third-order valence-corrected chi connectivity index (χ3v) is 4.29. The van der Waals surface area contributed by atoms with E-state index in [9.17, 15) is 14.4 Å². The lowest BCUT2D eigenvalue weighted by atomic mass is 10.1. The molecule has 2 amide bonds. The first-order valence-corrected chi connectivity index (χ1v) is 7.89. The Morgan fingerprint density at radius 1 is 1.30 bits per heavy atom. The standard InChI is InChI=1S/C17H17FN2O2S/c1-12(20(22)17(19)21)2-8-15-10-11-16(23-15)9-5-13-3-6-14(18)7-4-13/h3-4,6-7,10-12,22H,5,9H2,1H3,(H2,19,21). The van der Waals surface area contributed by atoms with E-state index in [0.717, 1.165) is 23.3 Å². The average molecular weight is 332 g/mol. The summed E-state index contributed by atoms with van der Waals surface area (Å²) in [5.41, 5.74) is 6.04. The molecule has 0 saturated heterocycles. The number of primary amides is 1. The Hall–Kier alpha value is -2.36. The minimum Gasteiger partial charge on any atom is -0.350 e. The largest absolute Gasteiger partial charge is 0.350 e. The lowest BCUT2D eigenvalue weighted by molar-refractivity contribution is -0.0536. The molecule has 0 aliphatic rings. The van der Waals surface area contributed by atoms with E-state index in [1.54, 1.807) is 30.4 Å². The quantitative estimate of drug-likeness (QED) is 0.513. The smallest absolute Gasteiger partial charge is 0.339 e. The summed E-state index contributed by atoms with van der Waals surface area (Å²) in [6.07, 6.45) is 1.68. The molecule has 1 heterocycles. The van der Waals surface area contributed by atoms with Crippen LogP contribution in [0, 0.1) is 17.7 Å². The van der Waals surface area contributed by atoms with E-state index in [2.05, 4.69) is 11.8 Å². The molecule has 4 nitrogen and oxygen atoms in total. The van der Waals surface area contributed by atoms with Gasteiger partial charge >= 0.3 is 6.03 Å². The number of benzene rings is 1.